The summed E-state index contributed by atoms with van der Waals surface area (Å²) >= 11 is 3.45. The molecule has 8 heteroatoms. The molecular formula is C26H30BrNO6. The van der Waals surface area contributed by atoms with Gasteiger partial charge in [-0.2, -0.15) is 0 Å². The minimum Gasteiger partial charge on any atom is -0.507 e. The molecule has 0 bridgehead atoms. The van der Waals surface area contributed by atoms with Gasteiger partial charge in [-0.1, -0.05) is 41.9 Å². The van der Waals surface area contributed by atoms with Crippen molar-refractivity contribution in [3.63, 3.8) is 0 Å². The van der Waals surface area contributed by atoms with Crippen LogP contribution < -0.4 is 9.47 Å². The number of likely N-dealkylation sites (tertiary alicyclic amines) is 1. The summed E-state index contributed by atoms with van der Waals surface area (Å²) in [5.74, 6) is -0.300. The Balaban J connectivity index is 2.17. The van der Waals surface area contributed by atoms with E-state index in [0.717, 1.165) is 10.0 Å². The number of aryl methyl sites for hydroxylation is 1. The lowest BCUT2D eigenvalue weighted by atomic mass is 9.94. The van der Waals surface area contributed by atoms with E-state index in [1.807, 2.05) is 20.8 Å². The Morgan fingerprint density at radius 1 is 1.12 bits per heavy atom. The molecule has 1 unspecified atom stereocenters. The van der Waals surface area contributed by atoms with Gasteiger partial charge >= 0.3 is 0 Å². The number of carbonyl (C=O) groups is 2. The van der Waals surface area contributed by atoms with E-state index in [1.165, 1.54) is 12.0 Å². The first-order chi connectivity index (χ1) is 16.2. The third kappa shape index (κ3) is 5.28. The molecule has 1 N–H and O–H groups in total. The normalized spacial score (nSPS) is 17.5. The van der Waals surface area contributed by atoms with Gasteiger partial charge < -0.3 is 24.2 Å². The van der Waals surface area contributed by atoms with E-state index in [0.29, 0.717) is 35.2 Å². The largest absolute Gasteiger partial charge is 0.507 e. The number of halogens is 1. The highest BCUT2D eigenvalue weighted by atomic mass is 79.9. The molecule has 1 saturated heterocycles. The number of carbonyl (C=O) groups excluding carboxylic acids is 2. The Bertz CT molecular complexity index is 1110. The van der Waals surface area contributed by atoms with Gasteiger partial charge in [0.15, 0.2) is 11.5 Å². The van der Waals surface area contributed by atoms with Gasteiger partial charge in [0.2, 0.25) is 0 Å². The van der Waals surface area contributed by atoms with Gasteiger partial charge in [0.25, 0.3) is 11.7 Å². The second-order valence-electron chi connectivity index (χ2n) is 8.56. The molecule has 1 heterocycles. The van der Waals surface area contributed by atoms with Crippen molar-refractivity contribution in [1.29, 1.82) is 0 Å². The van der Waals surface area contributed by atoms with Crippen LogP contribution in [0, 0.1) is 12.8 Å². The van der Waals surface area contributed by atoms with Gasteiger partial charge in [0, 0.05) is 23.7 Å². The van der Waals surface area contributed by atoms with Crippen LogP contribution in [0.25, 0.3) is 5.76 Å². The molecule has 0 radical (unpaired) electrons. The average Bonchev–Trinajstić information content (AvgIpc) is 3.07. The van der Waals surface area contributed by atoms with Crippen LogP contribution in [-0.2, 0) is 14.3 Å². The number of nitrogens with zero attached hydrogens (tertiary/aromatic N) is 1. The Hall–Kier alpha value is -2.84. The maximum atomic E-state index is 13.1. The van der Waals surface area contributed by atoms with Crippen molar-refractivity contribution < 1.29 is 28.9 Å². The standard InChI is InChI=1S/C26H30BrNO6/c1-15(2)14-34-21-13-17(7-9-20(21)33-5)23-22(25(30)26(31)28(23)10-11-32-4)24(29)18-6-8-19(27)16(3)12-18/h6-9,12-13,15,23,29H,10-11,14H2,1-5H3/b24-22-. The molecule has 7 nitrogen and oxygen atoms in total. The number of hydrogen-bond acceptors (Lipinski definition) is 6. The van der Waals surface area contributed by atoms with E-state index in [-0.39, 0.29) is 24.5 Å². The van der Waals surface area contributed by atoms with Crippen molar-refractivity contribution in [2.45, 2.75) is 26.8 Å². The highest BCUT2D eigenvalue weighted by Gasteiger charge is 2.46. The molecule has 34 heavy (non-hydrogen) atoms. The fourth-order valence-electron chi connectivity index (χ4n) is 3.83. The fourth-order valence-corrected chi connectivity index (χ4v) is 4.07. The predicted octanol–water partition coefficient (Wildman–Crippen LogP) is 4.87. The van der Waals surface area contributed by atoms with Crippen LogP contribution in [0.2, 0.25) is 0 Å². The van der Waals surface area contributed by atoms with Crippen molar-refractivity contribution in [2.75, 3.05) is 34.0 Å². The maximum Gasteiger partial charge on any atom is 0.295 e. The number of aliphatic hydroxyl groups is 1. The fraction of sp³-hybridized carbons (Fsp3) is 0.385. The molecule has 2 aromatic rings. The minimum atomic E-state index is -0.800. The molecular weight excluding hydrogens is 502 g/mol. The zero-order chi connectivity index (χ0) is 25.0. The summed E-state index contributed by atoms with van der Waals surface area (Å²) in [7, 11) is 3.08. The molecule has 0 spiro atoms. The summed E-state index contributed by atoms with van der Waals surface area (Å²) < 4.78 is 17.4. The quantitative estimate of drug-likeness (QED) is 0.282. The van der Waals surface area contributed by atoms with Crippen molar-refractivity contribution in [3.8, 4) is 11.5 Å². The number of aliphatic hydroxyl groups excluding tert-OH is 1. The van der Waals surface area contributed by atoms with Crippen molar-refractivity contribution in [3.05, 3.63) is 63.1 Å². The van der Waals surface area contributed by atoms with Gasteiger partial charge in [-0.3, -0.25) is 9.59 Å². The lowest BCUT2D eigenvalue weighted by Gasteiger charge is -2.26. The summed E-state index contributed by atoms with van der Waals surface area (Å²) in [6.07, 6.45) is 0. The smallest absolute Gasteiger partial charge is 0.295 e. The molecule has 1 atom stereocenters. The number of methoxy groups -OCH3 is 2. The number of benzene rings is 2. The minimum absolute atomic E-state index is 0.0304. The number of hydrogen-bond donors (Lipinski definition) is 1. The van der Waals surface area contributed by atoms with Gasteiger partial charge in [0.05, 0.1) is 31.9 Å². The number of amides is 1. The van der Waals surface area contributed by atoms with Gasteiger partial charge in [0.1, 0.15) is 5.76 Å². The van der Waals surface area contributed by atoms with Gasteiger partial charge in [-0.05, 0) is 48.2 Å². The van der Waals surface area contributed by atoms with Crippen LogP contribution in [-0.4, -0.2) is 55.7 Å². The van der Waals surface area contributed by atoms with Gasteiger partial charge in [-0.15, -0.1) is 0 Å². The maximum absolute atomic E-state index is 13.1. The summed E-state index contributed by atoms with van der Waals surface area (Å²) in [5, 5.41) is 11.2. The van der Waals surface area contributed by atoms with Crippen molar-refractivity contribution >= 4 is 33.4 Å². The van der Waals surface area contributed by atoms with Crippen LogP contribution in [0.3, 0.4) is 0 Å². The number of rotatable bonds is 9. The van der Waals surface area contributed by atoms with E-state index in [1.54, 1.807) is 43.5 Å². The molecule has 3 rings (SSSR count). The van der Waals surface area contributed by atoms with Crippen molar-refractivity contribution in [1.82, 2.24) is 4.90 Å². The summed E-state index contributed by atoms with van der Waals surface area (Å²) in [4.78, 5) is 27.6. The SMILES string of the molecule is COCCN1C(=O)C(=O)/C(=C(\O)c2ccc(Br)c(C)c2)C1c1ccc(OC)c(OCC(C)C)c1. The zero-order valence-electron chi connectivity index (χ0n) is 20.1. The van der Waals surface area contributed by atoms with E-state index < -0.39 is 17.7 Å². The Morgan fingerprint density at radius 3 is 2.47 bits per heavy atom. The monoisotopic (exact) mass is 531 g/mol. The van der Waals surface area contributed by atoms with Crippen LogP contribution in [0.15, 0.2) is 46.4 Å². The lowest BCUT2D eigenvalue weighted by molar-refractivity contribution is -0.140. The third-order valence-corrected chi connectivity index (χ3v) is 6.47. The highest BCUT2D eigenvalue weighted by molar-refractivity contribution is 9.10. The topological polar surface area (TPSA) is 85.3 Å². The zero-order valence-corrected chi connectivity index (χ0v) is 21.6. The van der Waals surface area contributed by atoms with E-state index in [2.05, 4.69) is 15.9 Å². The van der Waals surface area contributed by atoms with Crippen LogP contribution >= 0.6 is 15.9 Å². The van der Waals surface area contributed by atoms with Crippen molar-refractivity contribution in [2.24, 2.45) is 5.92 Å². The molecule has 1 fully saturated rings. The Labute approximate surface area is 208 Å². The highest BCUT2D eigenvalue weighted by Crippen LogP contribution is 2.42. The summed E-state index contributed by atoms with van der Waals surface area (Å²) in [6, 6.07) is 9.75. The van der Waals surface area contributed by atoms with Crippen LogP contribution in [0.1, 0.15) is 36.6 Å². The predicted molar refractivity (Wildman–Crippen MR) is 133 cm³/mol. The molecule has 1 aliphatic heterocycles. The first-order valence-corrected chi connectivity index (χ1v) is 11.8. The average molecular weight is 532 g/mol. The summed E-state index contributed by atoms with van der Waals surface area (Å²) in [6.45, 7) is 6.87. The molecule has 1 amide bonds. The number of Topliss-reactive ketones (excluding diaryl/α,β-unsaturated/α-hetero) is 1. The molecule has 0 aromatic heterocycles. The Morgan fingerprint density at radius 2 is 1.85 bits per heavy atom. The molecule has 0 saturated carbocycles. The second-order valence-corrected chi connectivity index (χ2v) is 9.42. The first-order valence-electron chi connectivity index (χ1n) is 11.0. The number of ether oxygens (including phenoxy) is 3. The van der Waals surface area contributed by atoms with E-state index >= 15 is 0 Å². The van der Waals surface area contributed by atoms with Crippen LogP contribution in [0.5, 0.6) is 11.5 Å². The molecule has 182 valence electrons. The third-order valence-electron chi connectivity index (χ3n) is 5.58. The Kier molecular flexibility index (Phi) is 8.38. The molecule has 2 aromatic carbocycles. The van der Waals surface area contributed by atoms with E-state index in [4.69, 9.17) is 14.2 Å². The van der Waals surface area contributed by atoms with Gasteiger partial charge in [-0.25, -0.2) is 0 Å². The first kappa shape index (κ1) is 25.8. The van der Waals surface area contributed by atoms with E-state index in [9.17, 15) is 14.7 Å². The number of ketones is 1. The summed E-state index contributed by atoms with van der Waals surface area (Å²) in [5.41, 5.74) is 2.01. The lowest BCUT2D eigenvalue weighted by Crippen LogP contribution is -2.32. The van der Waals surface area contributed by atoms with Crippen LogP contribution in [0.4, 0.5) is 0 Å². The second kappa shape index (κ2) is 11.1. The molecule has 1 aliphatic rings. The molecule has 0 aliphatic carbocycles.